The van der Waals surface area contributed by atoms with Crippen LogP contribution in [0.3, 0.4) is 0 Å². The molecule has 0 atom stereocenters. The number of hydrogen-bond donors (Lipinski definition) is 0. The van der Waals surface area contributed by atoms with Gasteiger partial charge in [-0.15, -0.1) is 0 Å². The van der Waals surface area contributed by atoms with Crippen molar-refractivity contribution in [2.45, 2.75) is 31.9 Å². The summed E-state index contributed by atoms with van der Waals surface area (Å²) in [7, 11) is 0. The number of nitrogens with zero attached hydrogens (tertiary/aromatic N) is 3. The molecule has 0 N–H and O–H groups in total. The predicted octanol–water partition coefficient (Wildman–Crippen LogP) is 4.62. The van der Waals surface area contributed by atoms with Gasteiger partial charge in [-0.2, -0.15) is 4.99 Å². The van der Waals surface area contributed by atoms with E-state index in [2.05, 4.69) is 22.1 Å². The number of thioether (sulfide) groups is 1. The van der Waals surface area contributed by atoms with E-state index >= 15 is 0 Å². The lowest BCUT2D eigenvalue weighted by atomic mass is 9.84. The molecule has 1 spiro atoms. The summed E-state index contributed by atoms with van der Waals surface area (Å²) in [6.45, 7) is -0.529. The maximum atomic E-state index is 12.8. The Morgan fingerprint density at radius 3 is 2.86 bits per heavy atom. The van der Waals surface area contributed by atoms with Crippen LogP contribution in [0.1, 0.15) is 40.5 Å². The minimum absolute atomic E-state index is 0.0445. The summed E-state index contributed by atoms with van der Waals surface area (Å²) in [6.07, 6.45) is 2.94. The molecule has 5 nitrogen and oxygen atoms in total. The molecule has 0 aliphatic carbocycles. The van der Waals surface area contributed by atoms with E-state index in [0.29, 0.717) is 30.4 Å². The van der Waals surface area contributed by atoms with Crippen LogP contribution in [-0.4, -0.2) is 34.0 Å². The van der Waals surface area contributed by atoms with Crippen molar-refractivity contribution in [2.24, 2.45) is 4.99 Å². The molecule has 1 saturated heterocycles. The van der Waals surface area contributed by atoms with Crippen molar-refractivity contribution in [3.8, 4) is 0 Å². The fraction of sp³-hybridized carbons (Fsp3) is 0.318. The fourth-order valence-electron chi connectivity index (χ4n) is 4.10. The zero-order valence-electron chi connectivity index (χ0n) is 18.5. The van der Waals surface area contributed by atoms with E-state index in [4.69, 9.17) is 20.5 Å². The highest BCUT2D eigenvalue weighted by atomic mass is 35.5. The molecule has 0 bridgehead atoms. The van der Waals surface area contributed by atoms with Crippen LogP contribution in [0.15, 0.2) is 52.5 Å². The Bertz CT molecular complexity index is 1140. The summed E-state index contributed by atoms with van der Waals surface area (Å²) in [5, 5.41) is 0.790. The van der Waals surface area contributed by atoms with Gasteiger partial charge in [-0.25, -0.2) is 4.98 Å². The topological polar surface area (TPSA) is 54.8 Å². The van der Waals surface area contributed by atoms with Gasteiger partial charge >= 0.3 is 0 Å². The average Bonchev–Trinajstić information content (AvgIpc) is 3.31. The molecule has 0 unspecified atom stereocenters. The molecule has 0 saturated carbocycles. The van der Waals surface area contributed by atoms with E-state index in [1.165, 1.54) is 23.4 Å². The first-order valence-electron chi connectivity index (χ1n) is 10.9. The van der Waals surface area contributed by atoms with Crippen LogP contribution < -0.4 is 0 Å². The number of carbonyl (C=O) groups excluding carboxylic acids is 1. The number of fused-ring (bicyclic) bond motifs is 2. The maximum absolute atomic E-state index is 12.8. The van der Waals surface area contributed by atoms with Crippen molar-refractivity contribution in [2.75, 3.05) is 13.1 Å². The fourth-order valence-corrected chi connectivity index (χ4v) is 5.19. The van der Waals surface area contributed by atoms with E-state index < -0.39 is 12.8 Å². The number of ether oxygens (including phenoxy) is 1. The van der Waals surface area contributed by atoms with Gasteiger partial charge in [-0.3, -0.25) is 4.79 Å². The van der Waals surface area contributed by atoms with Crippen LogP contribution in [0.25, 0.3) is 5.57 Å². The molecule has 3 aliphatic heterocycles. The van der Waals surface area contributed by atoms with E-state index in [0.717, 1.165) is 24.6 Å². The zero-order chi connectivity index (χ0) is 22.5. The van der Waals surface area contributed by atoms with Gasteiger partial charge in [0.15, 0.2) is 5.17 Å². The van der Waals surface area contributed by atoms with Crippen molar-refractivity contribution < 1.29 is 13.6 Å². The maximum Gasteiger partial charge on any atom is 0.286 e. The Labute approximate surface area is 183 Å². The minimum Gasteiger partial charge on any atom is -0.365 e. The standard InChI is InChI=1S/C22H20ClN3O2S/c1-14(15-6-7-18(23)24-12-15)19-20(27)25-21(29-19)26-10-8-22(9-11-26)17-5-3-2-4-16(17)13-28-22/h2-7,12H,8-11,13H2,1H3/b19-14-/i1D3. The molecule has 1 aromatic carbocycles. The Hall–Kier alpha value is -2.15. The van der Waals surface area contributed by atoms with Crippen LogP contribution >= 0.6 is 23.4 Å². The second-order valence-corrected chi connectivity index (χ2v) is 8.67. The molecule has 5 rings (SSSR count). The number of allylic oxidation sites excluding steroid dienone is 1. The van der Waals surface area contributed by atoms with Crippen molar-refractivity contribution in [3.05, 3.63) is 69.3 Å². The van der Waals surface area contributed by atoms with Gasteiger partial charge in [0, 0.05) is 23.4 Å². The Kier molecular flexibility index (Phi) is 3.93. The number of benzene rings is 1. The van der Waals surface area contributed by atoms with Gasteiger partial charge in [0.25, 0.3) is 5.91 Å². The first kappa shape index (κ1) is 15.7. The van der Waals surface area contributed by atoms with Crippen molar-refractivity contribution >= 4 is 40.0 Å². The van der Waals surface area contributed by atoms with Gasteiger partial charge in [-0.1, -0.05) is 41.9 Å². The minimum atomic E-state index is -2.49. The molecule has 29 heavy (non-hydrogen) atoms. The number of aliphatic imine (C=N–C) groups is 1. The number of halogens is 1. The third-order valence-corrected chi connectivity index (χ3v) is 7.02. The van der Waals surface area contributed by atoms with Gasteiger partial charge in [0.1, 0.15) is 5.15 Å². The van der Waals surface area contributed by atoms with E-state index in [-0.39, 0.29) is 21.2 Å². The molecule has 4 heterocycles. The average molecular weight is 429 g/mol. The zero-order valence-corrected chi connectivity index (χ0v) is 17.1. The largest absolute Gasteiger partial charge is 0.365 e. The SMILES string of the molecule is [2H]C([2H])([2H])/C(=C1/SC(N2CCC3(CC2)OCc2ccccc23)=NC1=O)c1ccc(Cl)nc1. The second kappa shape index (κ2) is 7.27. The molecule has 148 valence electrons. The smallest absolute Gasteiger partial charge is 0.286 e. The van der Waals surface area contributed by atoms with Crippen LogP contribution in [-0.2, 0) is 21.7 Å². The Morgan fingerprint density at radius 2 is 2.10 bits per heavy atom. The lowest BCUT2D eigenvalue weighted by molar-refractivity contribution is -0.113. The highest BCUT2D eigenvalue weighted by molar-refractivity contribution is 8.18. The lowest BCUT2D eigenvalue weighted by Crippen LogP contribution is -2.44. The molecular weight excluding hydrogens is 406 g/mol. The Balaban J connectivity index is 1.38. The first-order valence-corrected chi connectivity index (χ1v) is 10.6. The third kappa shape index (κ3) is 3.29. The third-order valence-electron chi connectivity index (χ3n) is 5.68. The summed E-state index contributed by atoms with van der Waals surface area (Å²) < 4.78 is 30.2. The quantitative estimate of drug-likeness (QED) is 0.490. The van der Waals surface area contributed by atoms with Gasteiger partial charge in [0.2, 0.25) is 0 Å². The van der Waals surface area contributed by atoms with Gasteiger partial charge in [0.05, 0.1) is 17.1 Å². The van der Waals surface area contributed by atoms with Crippen LogP contribution in [0, 0.1) is 0 Å². The second-order valence-electron chi connectivity index (χ2n) is 7.30. The number of rotatable bonds is 1. The Morgan fingerprint density at radius 1 is 1.28 bits per heavy atom. The number of piperidine rings is 1. The number of amidine groups is 1. The van der Waals surface area contributed by atoms with Crippen LogP contribution in [0.4, 0.5) is 0 Å². The van der Waals surface area contributed by atoms with Crippen molar-refractivity contribution in [1.82, 2.24) is 9.88 Å². The molecule has 1 amide bonds. The van der Waals surface area contributed by atoms with Gasteiger partial charge < -0.3 is 9.64 Å². The summed E-state index contributed by atoms with van der Waals surface area (Å²) >= 11 is 6.97. The van der Waals surface area contributed by atoms with Gasteiger partial charge in [-0.05, 0) is 59.8 Å². The molecule has 2 aromatic rings. The first-order chi connectivity index (χ1) is 15.3. The molecular formula is C22H20ClN3O2S. The molecule has 3 aliphatic rings. The van der Waals surface area contributed by atoms with E-state index in [9.17, 15) is 4.79 Å². The number of carbonyl (C=O) groups is 1. The monoisotopic (exact) mass is 428 g/mol. The van der Waals surface area contributed by atoms with E-state index in [1.807, 2.05) is 17.0 Å². The highest BCUT2D eigenvalue weighted by Crippen LogP contribution is 2.45. The number of likely N-dealkylation sites (tertiary alicyclic amines) is 1. The number of pyridine rings is 1. The number of amides is 1. The van der Waals surface area contributed by atoms with Crippen LogP contribution in [0.5, 0.6) is 0 Å². The lowest BCUT2D eigenvalue weighted by Gasteiger charge is -2.39. The molecule has 1 aromatic heterocycles. The molecule has 7 heteroatoms. The molecule has 1 fully saturated rings. The summed E-state index contributed by atoms with van der Waals surface area (Å²) in [5.74, 6) is -0.533. The van der Waals surface area contributed by atoms with Crippen molar-refractivity contribution in [3.63, 3.8) is 0 Å². The molecule has 0 radical (unpaired) electrons. The van der Waals surface area contributed by atoms with E-state index in [1.54, 1.807) is 6.07 Å². The summed E-state index contributed by atoms with van der Waals surface area (Å²) in [4.78, 5) is 23.1. The summed E-state index contributed by atoms with van der Waals surface area (Å²) in [5.41, 5.74) is 2.48. The number of aromatic nitrogens is 1. The summed E-state index contributed by atoms with van der Waals surface area (Å²) in [6, 6.07) is 11.4. The van der Waals surface area contributed by atoms with Crippen LogP contribution in [0.2, 0.25) is 5.15 Å². The predicted molar refractivity (Wildman–Crippen MR) is 116 cm³/mol. The normalized spacial score (nSPS) is 24.0. The highest BCUT2D eigenvalue weighted by Gasteiger charge is 2.43. The number of hydrogen-bond acceptors (Lipinski definition) is 5. The van der Waals surface area contributed by atoms with Crippen molar-refractivity contribution in [1.29, 1.82) is 0 Å².